The van der Waals surface area contributed by atoms with E-state index in [4.69, 9.17) is 28.3 Å². The van der Waals surface area contributed by atoms with Crippen LogP contribution in [0.25, 0.3) is 0 Å². The molecule has 1 aromatic rings. The fraction of sp³-hybridized carbons (Fsp3) is 0.385. The second-order valence-electron chi connectivity index (χ2n) is 4.60. The van der Waals surface area contributed by atoms with Crippen molar-refractivity contribution in [1.82, 2.24) is 5.32 Å². The van der Waals surface area contributed by atoms with Crippen LogP contribution in [-0.4, -0.2) is 23.7 Å². The zero-order chi connectivity index (χ0) is 16.0. The smallest absolute Gasteiger partial charge is 0.319 e. The van der Waals surface area contributed by atoms with Gasteiger partial charge in [-0.3, -0.25) is 4.79 Å². The zero-order valence-corrected chi connectivity index (χ0v) is 14.3. The molecule has 21 heavy (non-hydrogen) atoms. The number of anilines is 1. The Hall–Kier alpha value is -0.980. The van der Waals surface area contributed by atoms with Gasteiger partial charge in [0.1, 0.15) is 0 Å². The first-order valence-corrected chi connectivity index (χ1v) is 7.76. The third kappa shape index (κ3) is 6.11. The van der Waals surface area contributed by atoms with Gasteiger partial charge < -0.3 is 15.7 Å². The number of urea groups is 1. The van der Waals surface area contributed by atoms with Crippen LogP contribution < -0.4 is 10.6 Å². The second-order valence-corrected chi connectivity index (χ2v) is 6.21. The molecular weight excluding hydrogens is 383 g/mol. The lowest BCUT2D eigenvalue weighted by Gasteiger charge is -2.13. The number of carboxylic acid groups (broad SMARTS) is 1. The minimum absolute atomic E-state index is 0.0656. The van der Waals surface area contributed by atoms with Gasteiger partial charge in [0.15, 0.2) is 0 Å². The van der Waals surface area contributed by atoms with E-state index in [1.807, 2.05) is 6.92 Å². The van der Waals surface area contributed by atoms with Gasteiger partial charge in [0.2, 0.25) is 0 Å². The first-order chi connectivity index (χ1) is 9.81. The van der Waals surface area contributed by atoms with Gasteiger partial charge in [-0.1, -0.05) is 30.1 Å². The van der Waals surface area contributed by atoms with Crippen molar-refractivity contribution in [2.45, 2.75) is 19.8 Å². The monoisotopic (exact) mass is 396 g/mol. The molecule has 0 saturated carbocycles. The highest BCUT2D eigenvalue weighted by Gasteiger charge is 2.12. The molecule has 1 unspecified atom stereocenters. The Morgan fingerprint density at radius 3 is 2.62 bits per heavy atom. The summed E-state index contributed by atoms with van der Waals surface area (Å²) in [4.78, 5) is 22.2. The minimum atomic E-state index is -0.845. The van der Waals surface area contributed by atoms with E-state index in [1.54, 1.807) is 12.1 Å². The summed E-state index contributed by atoms with van der Waals surface area (Å²) in [5.74, 6) is -0.779. The predicted octanol–water partition coefficient (Wildman–Crippen LogP) is 4.38. The Bertz CT molecular complexity index is 540. The standard InChI is InChI=1S/C13H15BrCl2N2O3/c1-7(2-5-10(19)20)6-17-13(21)18-9-4-3-8(14)11(15)12(9)16/h3-4,7H,2,5-6H2,1H3,(H,19,20)(H2,17,18,21). The highest BCUT2D eigenvalue weighted by Crippen LogP contribution is 2.35. The van der Waals surface area contributed by atoms with Crippen molar-refractivity contribution in [2.24, 2.45) is 5.92 Å². The van der Waals surface area contributed by atoms with E-state index in [2.05, 4.69) is 26.6 Å². The van der Waals surface area contributed by atoms with E-state index < -0.39 is 12.0 Å². The predicted molar refractivity (Wildman–Crippen MR) is 87.2 cm³/mol. The maximum atomic E-state index is 11.8. The Kier molecular flexibility index (Phi) is 7.28. The number of hydrogen-bond donors (Lipinski definition) is 3. The number of nitrogens with one attached hydrogen (secondary N) is 2. The number of hydrogen-bond acceptors (Lipinski definition) is 2. The van der Waals surface area contributed by atoms with Crippen LogP contribution in [0, 0.1) is 5.92 Å². The third-order valence-electron chi connectivity index (χ3n) is 2.75. The topological polar surface area (TPSA) is 78.4 Å². The van der Waals surface area contributed by atoms with Crippen LogP contribution in [0.3, 0.4) is 0 Å². The van der Waals surface area contributed by atoms with Crippen molar-refractivity contribution in [3.05, 3.63) is 26.7 Å². The molecule has 0 bridgehead atoms. The maximum absolute atomic E-state index is 11.8. The molecule has 1 aromatic carbocycles. The van der Waals surface area contributed by atoms with E-state index in [1.165, 1.54) is 0 Å². The molecule has 3 N–H and O–H groups in total. The summed E-state index contributed by atoms with van der Waals surface area (Å²) in [5.41, 5.74) is 0.403. The van der Waals surface area contributed by atoms with Gasteiger partial charge in [-0.25, -0.2) is 4.79 Å². The molecule has 0 aliphatic rings. The van der Waals surface area contributed by atoms with E-state index in [0.717, 1.165) is 0 Å². The van der Waals surface area contributed by atoms with Gasteiger partial charge in [0.25, 0.3) is 0 Å². The molecule has 5 nitrogen and oxygen atoms in total. The number of halogens is 3. The van der Waals surface area contributed by atoms with Gasteiger partial charge in [0, 0.05) is 17.4 Å². The van der Waals surface area contributed by atoms with Gasteiger partial charge in [0.05, 0.1) is 15.7 Å². The Labute approximate surface area is 141 Å². The summed E-state index contributed by atoms with van der Waals surface area (Å²) in [6.45, 7) is 2.24. The van der Waals surface area contributed by atoms with Crippen molar-refractivity contribution in [1.29, 1.82) is 0 Å². The van der Waals surface area contributed by atoms with E-state index in [-0.39, 0.29) is 17.4 Å². The van der Waals surface area contributed by atoms with Crippen LogP contribution in [0.2, 0.25) is 10.0 Å². The summed E-state index contributed by atoms with van der Waals surface area (Å²) in [7, 11) is 0. The lowest BCUT2D eigenvalue weighted by Crippen LogP contribution is -2.32. The van der Waals surface area contributed by atoms with Gasteiger partial charge >= 0.3 is 12.0 Å². The number of rotatable bonds is 6. The fourth-order valence-electron chi connectivity index (χ4n) is 1.53. The van der Waals surface area contributed by atoms with E-state index in [9.17, 15) is 9.59 Å². The molecule has 0 fully saturated rings. The molecule has 116 valence electrons. The molecule has 0 heterocycles. The van der Waals surface area contributed by atoms with Crippen molar-refractivity contribution in [3.63, 3.8) is 0 Å². The number of carbonyl (C=O) groups excluding carboxylic acids is 1. The summed E-state index contributed by atoms with van der Waals surface area (Å²) in [5, 5.41) is 14.4. The van der Waals surface area contributed by atoms with Crippen LogP contribution in [0.4, 0.5) is 10.5 Å². The zero-order valence-electron chi connectivity index (χ0n) is 11.3. The Morgan fingerprint density at radius 1 is 1.33 bits per heavy atom. The summed E-state index contributed by atoms with van der Waals surface area (Å²) in [6.07, 6.45) is 0.582. The average Bonchev–Trinajstić information content (AvgIpc) is 2.43. The average molecular weight is 398 g/mol. The van der Waals surface area contributed by atoms with Crippen molar-refractivity contribution in [3.8, 4) is 0 Å². The molecule has 0 radical (unpaired) electrons. The van der Waals surface area contributed by atoms with Crippen LogP contribution in [-0.2, 0) is 4.79 Å². The normalized spacial score (nSPS) is 11.8. The number of benzene rings is 1. The number of amides is 2. The summed E-state index contributed by atoms with van der Waals surface area (Å²) in [6, 6.07) is 2.89. The van der Waals surface area contributed by atoms with E-state index >= 15 is 0 Å². The lowest BCUT2D eigenvalue weighted by molar-refractivity contribution is -0.137. The molecule has 0 aliphatic carbocycles. The van der Waals surface area contributed by atoms with Crippen molar-refractivity contribution >= 4 is 56.8 Å². The van der Waals surface area contributed by atoms with Gasteiger partial charge in [-0.15, -0.1) is 0 Å². The number of aliphatic carboxylic acids is 1. The fourth-order valence-corrected chi connectivity index (χ4v) is 2.35. The quantitative estimate of drug-likeness (QED) is 0.623. The lowest BCUT2D eigenvalue weighted by atomic mass is 10.1. The second kappa shape index (κ2) is 8.46. The number of carboxylic acids is 1. The first kappa shape index (κ1) is 18.1. The SMILES string of the molecule is CC(CCC(=O)O)CNC(=O)Nc1ccc(Br)c(Cl)c1Cl. The van der Waals surface area contributed by atoms with Crippen LogP contribution in [0.5, 0.6) is 0 Å². The highest BCUT2D eigenvalue weighted by molar-refractivity contribution is 9.10. The van der Waals surface area contributed by atoms with Crippen LogP contribution in [0.1, 0.15) is 19.8 Å². The molecular formula is C13H15BrCl2N2O3. The minimum Gasteiger partial charge on any atom is -0.481 e. The largest absolute Gasteiger partial charge is 0.481 e. The molecule has 0 saturated heterocycles. The van der Waals surface area contributed by atoms with Crippen molar-refractivity contribution in [2.75, 3.05) is 11.9 Å². The maximum Gasteiger partial charge on any atom is 0.319 e. The van der Waals surface area contributed by atoms with Crippen LogP contribution in [0.15, 0.2) is 16.6 Å². The van der Waals surface area contributed by atoms with Gasteiger partial charge in [-0.05, 0) is 40.4 Å². The summed E-state index contributed by atoms with van der Waals surface area (Å²) < 4.78 is 0.641. The molecule has 0 spiro atoms. The molecule has 0 aromatic heterocycles. The molecule has 1 atom stereocenters. The summed E-state index contributed by atoms with van der Waals surface area (Å²) >= 11 is 15.2. The number of carbonyl (C=O) groups is 2. The molecule has 8 heteroatoms. The van der Waals surface area contributed by atoms with Crippen molar-refractivity contribution < 1.29 is 14.7 Å². The molecule has 0 aliphatic heterocycles. The Balaban J connectivity index is 2.47. The van der Waals surface area contributed by atoms with E-state index in [0.29, 0.717) is 28.1 Å². The third-order valence-corrected chi connectivity index (χ3v) is 4.52. The molecule has 1 rings (SSSR count). The highest BCUT2D eigenvalue weighted by atomic mass is 79.9. The van der Waals surface area contributed by atoms with Gasteiger partial charge in [-0.2, -0.15) is 0 Å². The first-order valence-electron chi connectivity index (χ1n) is 6.21. The Morgan fingerprint density at radius 2 is 2.00 bits per heavy atom. The van der Waals surface area contributed by atoms with Crippen LogP contribution >= 0.6 is 39.1 Å². The molecule has 2 amide bonds.